The molecule has 10 heteroatoms. The van der Waals surface area contributed by atoms with Crippen molar-refractivity contribution in [1.82, 2.24) is 29.4 Å². The average molecular weight is 404 g/mol. The van der Waals surface area contributed by atoms with E-state index in [-0.39, 0.29) is 17.0 Å². The molecule has 4 aromatic rings. The zero-order chi connectivity index (χ0) is 18.5. The number of imidazole rings is 1. The van der Waals surface area contributed by atoms with Crippen LogP contribution in [0, 0.1) is 0 Å². The number of aromatic nitrogens is 6. The minimum absolute atomic E-state index is 0.0958. The molecule has 5 rings (SSSR count). The molecule has 0 radical (unpaired) electrons. The third kappa shape index (κ3) is 2.76. The van der Waals surface area contributed by atoms with Gasteiger partial charge in [0.2, 0.25) is 5.28 Å². The zero-order valence-electron chi connectivity index (χ0n) is 14.1. The maximum atomic E-state index is 12.5. The number of nitrogens with one attached hydrogen (secondary N) is 1. The molecule has 1 aliphatic heterocycles. The van der Waals surface area contributed by atoms with Crippen molar-refractivity contribution in [3.63, 3.8) is 0 Å². The summed E-state index contributed by atoms with van der Waals surface area (Å²) in [6.07, 6.45) is 1.68. The van der Waals surface area contributed by atoms with Crippen LogP contribution in [0.5, 0.6) is 0 Å². The van der Waals surface area contributed by atoms with Crippen molar-refractivity contribution < 1.29 is 0 Å². The van der Waals surface area contributed by atoms with Gasteiger partial charge in [-0.2, -0.15) is 4.52 Å². The Hall–Kier alpha value is -2.58. The number of H-pyrrole nitrogens is 1. The molecule has 27 heavy (non-hydrogen) atoms. The molecule has 0 spiro atoms. The maximum Gasteiger partial charge on any atom is 0.326 e. The van der Waals surface area contributed by atoms with Crippen LogP contribution in [0.2, 0.25) is 10.3 Å². The van der Waals surface area contributed by atoms with E-state index in [0.717, 1.165) is 42.8 Å². The van der Waals surface area contributed by atoms with Gasteiger partial charge in [-0.1, -0.05) is 11.6 Å². The Morgan fingerprint density at radius 3 is 2.70 bits per heavy atom. The molecule has 0 bridgehead atoms. The molecule has 4 heterocycles. The van der Waals surface area contributed by atoms with Crippen molar-refractivity contribution in [2.75, 3.05) is 18.0 Å². The molecule has 1 saturated heterocycles. The van der Waals surface area contributed by atoms with E-state index in [0.29, 0.717) is 10.7 Å². The second-order valence-corrected chi connectivity index (χ2v) is 7.38. The van der Waals surface area contributed by atoms with E-state index in [9.17, 15) is 4.79 Å². The van der Waals surface area contributed by atoms with Crippen LogP contribution in [-0.2, 0) is 0 Å². The highest BCUT2D eigenvalue weighted by molar-refractivity contribution is 6.31. The lowest BCUT2D eigenvalue weighted by atomic mass is 10.0. The summed E-state index contributed by atoms with van der Waals surface area (Å²) < 4.78 is 3.37. The number of aromatic amines is 1. The maximum absolute atomic E-state index is 12.5. The largest absolute Gasteiger partial charge is 0.355 e. The monoisotopic (exact) mass is 403 g/mol. The molecule has 8 nitrogen and oxygen atoms in total. The number of benzene rings is 1. The van der Waals surface area contributed by atoms with Gasteiger partial charge in [0.05, 0.1) is 11.0 Å². The van der Waals surface area contributed by atoms with Gasteiger partial charge < -0.3 is 9.88 Å². The van der Waals surface area contributed by atoms with E-state index in [1.807, 2.05) is 28.8 Å². The van der Waals surface area contributed by atoms with Gasteiger partial charge in [0, 0.05) is 24.2 Å². The fourth-order valence-corrected chi connectivity index (χ4v) is 4.07. The third-order valence-electron chi connectivity index (χ3n) is 5.04. The Labute approximate surface area is 163 Å². The lowest BCUT2D eigenvalue weighted by molar-refractivity contribution is 0.394. The van der Waals surface area contributed by atoms with Crippen molar-refractivity contribution in [2.24, 2.45) is 0 Å². The van der Waals surface area contributed by atoms with Crippen molar-refractivity contribution in [3.05, 3.63) is 51.1 Å². The average Bonchev–Trinajstić information content (AvgIpc) is 3.20. The quantitative estimate of drug-likeness (QED) is 0.556. The lowest BCUT2D eigenvalue weighted by Gasteiger charge is -2.33. The van der Waals surface area contributed by atoms with E-state index < -0.39 is 0 Å². The summed E-state index contributed by atoms with van der Waals surface area (Å²) in [7, 11) is 0. The molecule has 3 aromatic heterocycles. The number of rotatable bonds is 2. The number of anilines is 1. The summed E-state index contributed by atoms with van der Waals surface area (Å²) in [5.74, 6) is 0.820. The van der Waals surface area contributed by atoms with Gasteiger partial charge >= 0.3 is 5.69 Å². The van der Waals surface area contributed by atoms with Crippen LogP contribution in [0.4, 0.5) is 5.82 Å². The molecule has 0 saturated carbocycles. The van der Waals surface area contributed by atoms with Crippen molar-refractivity contribution >= 4 is 45.7 Å². The standard InChI is InChI=1S/C17H15Cl2N7O/c18-10-1-2-13-12(9-10)20-17(27)25(13)11-5-7-24(8-6-11)15-4-3-14-21-22-16(19)26(14)23-15/h1-4,9,11H,5-8H2,(H,20,27). The Kier molecular flexibility index (Phi) is 3.84. The minimum atomic E-state index is -0.0958. The van der Waals surface area contributed by atoms with Gasteiger partial charge in [0.15, 0.2) is 5.65 Å². The van der Waals surface area contributed by atoms with E-state index in [1.54, 1.807) is 6.07 Å². The molecular weight excluding hydrogens is 389 g/mol. The number of hydrogen-bond donors (Lipinski definition) is 1. The molecule has 0 amide bonds. The number of nitrogens with zero attached hydrogens (tertiary/aromatic N) is 6. The fraction of sp³-hybridized carbons (Fsp3) is 0.294. The van der Waals surface area contributed by atoms with Crippen molar-refractivity contribution in [1.29, 1.82) is 0 Å². The molecule has 138 valence electrons. The Morgan fingerprint density at radius 2 is 1.89 bits per heavy atom. The van der Waals surface area contributed by atoms with E-state index in [4.69, 9.17) is 23.2 Å². The van der Waals surface area contributed by atoms with Gasteiger partial charge in [-0.15, -0.1) is 15.3 Å². The van der Waals surface area contributed by atoms with Gasteiger partial charge in [-0.25, -0.2) is 4.79 Å². The highest BCUT2D eigenvalue weighted by atomic mass is 35.5. The molecule has 1 N–H and O–H groups in total. The molecule has 1 aromatic carbocycles. The number of halogens is 2. The van der Waals surface area contributed by atoms with Crippen LogP contribution >= 0.6 is 23.2 Å². The molecular formula is C17H15Cl2N7O. The van der Waals surface area contributed by atoms with E-state index in [1.165, 1.54) is 4.52 Å². The molecule has 1 aliphatic rings. The highest BCUT2D eigenvalue weighted by Gasteiger charge is 2.24. The van der Waals surface area contributed by atoms with Crippen molar-refractivity contribution in [2.45, 2.75) is 18.9 Å². The van der Waals surface area contributed by atoms with Crippen LogP contribution in [-0.4, -0.2) is 42.5 Å². The first-order valence-corrected chi connectivity index (χ1v) is 9.38. The second-order valence-electron chi connectivity index (χ2n) is 6.61. The van der Waals surface area contributed by atoms with Crippen LogP contribution in [0.3, 0.4) is 0 Å². The summed E-state index contributed by atoms with van der Waals surface area (Å²) in [4.78, 5) is 17.5. The lowest BCUT2D eigenvalue weighted by Crippen LogP contribution is -2.37. The predicted molar refractivity (Wildman–Crippen MR) is 104 cm³/mol. The van der Waals surface area contributed by atoms with Crippen molar-refractivity contribution in [3.8, 4) is 0 Å². The van der Waals surface area contributed by atoms with E-state index >= 15 is 0 Å². The number of hydrogen-bond acceptors (Lipinski definition) is 5. The second kappa shape index (κ2) is 6.24. The normalized spacial score (nSPS) is 15.9. The zero-order valence-corrected chi connectivity index (χ0v) is 15.7. The SMILES string of the molecule is O=c1[nH]c2cc(Cl)ccc2n1C1CCN(c2ccc3nnc(Cl)n3n2)CC1. The van der Waals surface area contributed by atoms with Gasteiger partial charge in [-0.05, 0) is 54.8 Å². The summed E-state index contributed by atoms with van der Waals surface area (Å²) in [6.45, 7) is 1.57. The molecule has 0 unspecified atom stereocenters. The summed E-state index contributed by atoms with van der Waals surface area (Å²) >= 11 is 12.0. The topological polar surface area (TPSA) is 84.1 Å². The highest BCUT2D eigenvalue weighted by Crippen LogP contribution is 2.28. The Bertz CT molecular complexity index is 1200. The van der Waals surface area contributed by atoms with Crippen LogP contribution in [0.15, 0.2) is 35.1 Å². The molecule has 0 atom stereocenters. The van der Waals surface area contributed by atoms with E-state index in [2.05, 4.69) is 25.2 Å². The summed E-state index contributed by atoms with van der Waals surface area (Å²) in [5.41, 5.74) is 2.17. The fourth-order valence-electron chi connectivity index (χ4n) is 3.74. The first kappa shape index (κ1) is 16.6. The van der Waals surface area contributed by atoms with Crippen LogP contribution in [0.1, 0.15) is 18.9 Å². The smallest absolute Gasteiger partial charge is 0.326 e. The van der Waals surface area contributed by atoms with Gasteiger partial charge in [0.25, 0.3) is 0 Å². The van der Waals surface area contributed by atoms with Crippen LogP contribution in [0.25, 0.3) is 16.7 Å². The van der Waals surface area contributed by atoms with Gasteiger partial charge in [-0.3, -0.25) is 4.57 Å². The Balaban J connectivity index is 1.40. The first-order chi connectivity index (χ1) is 13.1. The number of piperidine rings is 1. The summed E-state index contributed by atoms with van der Waals surface area (Å²) in [6, 6.07) is 9.38. The van der Waals surface area contributed by atoms with Crippen LogP contribution < -0.4 is 10.6 Å². The number of fused-ring (bicyclic) bond motifs is 2. The first-order valence-electron chi connectivity index (χ1n) is 8.63. The third-order valence-corrected chi connectivity index (χ3v) is 5.51. The molecule has 0 aliphatic carbocycles. The Morgan fingerprint density at radius 1 is 1.07 bits per heavy atom. The minimum Gasteiger partial charge on any atom is -0.355 e. The van der Waals surface area contributed by atoms with Gasteiger partial charge in [0.1, 0.15) is 5.82 Å². The molecule has 1 fully saturated rings. The predicted octanol–water partition coefficient (Wildman–Crippen LogP) is 2.92. The summed E-state index contributed by atoms with van der Waals surface area (Å²) in [5, 5.41) is 13.1.